The lowest BCUT2D eigenvalue weighted by atomic mass is 9.74. The molecule has 1 N–H and O–H groups in total. The summed E-state index contributed by atoms with van der Waals surface area (Å²) >= 11 is 0. The normalized spacial score (nSPS) is 22.1. The third kappa shape index (κ3) is 3.72. The number of nitrogens with one attached hydrogen (secondary N) is 1. The van der Waals surface area contributed by atoms with Crippen LogP contribution in [0.15, 0.2) is 24.3 Å². The molecule has 114 valence electrons. The highest BCUT2D eigenvalue weighted by molar-refractivity contribution is 5.96. The Kier molecular flexibility index (Phi) is 4.50. The van der Waals surface area contributed by atoms with Gasteiger partial charge < -0.3 is 5.32 Å². The fraction of sp³-hybridized carbons (Fsp3) is 0.556. The lowest BCUT2D eigenvalue weighted by Crippen LogP contribution is -2.32. The standard InChI is InChI=1S/C18H25NO2/c1-12(20)13-8-10-14(11-9-13)19-17(21)15-6-5-7-16(15)18(2,3)4/h8-11,15-16H,5-7H2,1-4H3,(H,19,21). The summed E-state index contributed by atoms with van der Waals surface area (Å²) in [6, 6.07) is 7.12. The van der Waals surface area contributed by atoms with Crippen LogP contribution in [-0.4, -0.2) is 11.7 Å². The Morgan fingerprint density at radius 3 is 2.24 bits per heavy atom. The largest absolute Gasteiger partial charge is 0.326 e. The maximum Gasteiger partial charge on any atom is 0.227 e. The second-order valence-corrected chi connectivity index (χ2v) is 7.13. The van der Waals surface area contributed by atoms with Crippen molar-refractivity contribution in [3.05, 3.63) is 29.8 Å². The molecule has 1 aliphatic carbocycles. The molecule has 1 aromatic carbocycles. The molecule has 0 saturated heterocycles. The number of hydrogen-bond acceptors (Lipinski definition) is 2. The van der Waals surface area contributed by atoms with Crippen LogP contribution in [-0.2, 0) is 4.79 Å². The molecule has 2 rings (SSSR count). The van der Waals surface area contributed by atoms with Crippen molar-refractivity contribution in [3.63, 3.8) is 0 Å². The molecular formula is C18H25NO2. The molecule has 21 heavy (non-hydrogen) atoms. The summed E-state index contributed by atoms with van der Waals surface area (Å²) in [5.74, 6) is 0.686. The van der Waals surface area contributed by atoms with Crippen LogP contribution in [0.2, 0.25) is 0 Å². The number of Topliss-reactive ketones (excluding diaryl/α,β-unsaturated/α-hetero) is 1. The molecule has 2 atom stereocenters. The second-order valence-electron chi connectivity index (χ2n) is 7.13. The van der Waals surface area contributed by atoms with Gasteiger partial charge in [-0.3, -0.25) is 9.59 Å². The SMILES string of the molecule is CC(=O)c1ccc(NC(=O)C2CCCC2C(C)(C)C)cc1. The van der Waals surface area contributed by atoms with Crippen molar-refractivity contribution in [2.45, 2.75) is 47.0 Å². The predicted octanol–water partition coefficient (Wildman–Crippen LogP) is 4.29. The fourth-order valence-electron chi connectivity index (χ4n) is 3.33. The van der Waals surface area contributed by atoms with Crippen LogP contribution in [0.4, 0.5) is 5.69 Å². The average Bonchev–Trinajstić information content (AvgIpc) is 2.88. The van der Waals surface area contributed by atoms with Crippen molar-refractivity contribution in [2.24, 2.45) is 17.3 Å². The number of carbonyl (C=O) groups excluding carboxylic acids is 2. The molecule has 0 aromatic heterocycles. The van der Waals surface area contributed by atoms with Gasteiger partial charge in [-0.05, 0) is 55.4 Å². The van der Waals surface area contributed by atoms with E-state index in [1.807, 2.05) is 0 Å². The molecule has 3 heteroatoms. The number of rotatable bonds is 3. The minimum atomic E-state index is 0.0384. The molecule has 1 fully saturated rings. The van der Waals surface area contributed by atoms with Crippen LogP contribution in [0.3, 0.4) is 0 Å². The van der Waals surface area contributed by atoms with E-state index in [1.54, 1.807) is 31.2 Å². The topological polar surface area (TPSA) is 46.2 Å². The van der Waals surface area contributed by atoms with E-state index < -0.39 is 0 Å². The Morgan fingerprint density at radius 1 is 1.10 bits per heavy atom. The van der Waals surface area contributed by atoms with Gasteiger partial charge in [-0.2, -0.15) is 0 Å². The van der Waals surface area contributed by atoms with Crippen LogP contribution >= 0.6 is 0 Å². The Balaban J connectivity index is 2.05. The zero-order valence-electron chi connectivity index (χ0n) is 13.4. The molecular weight excluding hydrogens is 262 g/mol. The number of amides is 1. The maximum absolute atomic E-state index is 12.5. The zero-order chi connectivity index (χ0) is 15.6. The number of benzene rings is 1. The Bertz CT molecular complexity index is 525. The number of carbonyl (C=O) groups is 2. The molecule has 2 unspecified atom stereocenters. The summed E-state index contributed by atoms with van der Waals surface area (Å²) in [5.41, 5.74) is 1.60. The first kappa shape index (κ1) is 15.7. The monoisotopic (exact) mass is 287 g/mol. The zero-order valence-corrected chi connectivity index (χ0v) is 13.4. The van der Waals surface area contributed by atoms with E-state index in [-0.39, 0.29) is 23.0 Å². The van der Waals surface area contributed by atoms with E-state index in [0.717, 1.165) is 24.9 Å². The highest BCUT2D eigenvalue weighted by Gasteiger charge is 2.39. The van der Waals surface area contributed by atoms with Gasteiger partial charge in [0.1, 0.15) is 0 Å². The summed E-state index contributed by atoms with van der Waals surface area (Å²) < 4.78 is 0. The van der Waals surface area contributed by atoms with E-state index in [0.29, 0.717) is 11.5 Å². The summed E-state index contributed by atoms with van der Waals surface area (Å²) in [6.45, 7) is 8.18. The summed E-state index contributed by atoms with van der Waals surface area (Å²) in [5, 5.41) is 3.00. The fourth-order valence-corrected chi connectivity index (χ4v) is 3.33. The van der Waals surface area contributed by atoms with Gasteiger partial charge in [-0.15, -0.1) is 0 Å². The third-order valence-corrected chi connectivity index (χ3v) is 4.52. The lowest BCUT2D eigenvalue weighted by molar-refractivity contribution is -0.122. The van der Waals surface area contributed by atoms with Crippen molar-refractivity contribution in [1.29, 1.82) is 0 Å². The quantitative estimate of drug-likeness (QED) is 0.843. The number of anilines is 1. The minimum absolute atomic E-state index is 0.0384. The lowest BCUT2D eigenvalue weighted by Gasteiger charge is -2.31. The maximum atomic E-state index is 12.5. The van der Waals surface area contributed by atoms with E-state index in [2.05, 4.69) is 26.1 Å². The van der Waals surface area contributed by atoms with Crippen molar-refractivity contribution < 1.29 is 9.59 Å². The summed E-state index contributed by atoms with van der Waals surface area (Å²) in [7, 11) is 0. The van der Waals surface area contributed by atoms with Crippen LogP contribution < -0.4 is 5.32 Å². The predicted molar refractivity (Wildman–Crippen MR) is 85.4 cm³/mol. The van der Waals surface area contributed by atoms with Crippen molar-refractivity contribution in [2.75, 3.05) is 5.32 Å². The molecule has 1 saturated carbocycles. The van der Waals surface area contributed by atoms with Gasteiger partial charge in [-0.25, -0.2) is 0 Å². The second kappa shape index (κ2) is 6.00. The summed E-state index contributed by atoms with van der Waals surface area (Å²) in [4.78, 5) is 23.8. The van der Waals surface area contributed by atoms with Crippen LogP contribution in [0, 0.1) is 17.3 Å². The van der Waals surface area contributed by atoms with Crippen molar-refractivity contribution in [3.8, 4) is 0 Å². The molecule has 0 radical (unpaired) electrons. The van der Waals surface area contributed by atoms with Gasteiger partial charge >= 0.3 is 0 Å². The first-order chi connectivity index (χ1) is 9.79. The van der Waals surface area contributed by atoms with Crippen LogP contribution in [0.25, 0.3) is 0 Å². The smallest absolute Gasteiger partial charge is 0.227 e. The number of hydrogen-bond donors (Lipinski definition) is 1. The van der Waals surface area contributed by atoms with E-state index >= 15 is 0 Å². The van der Waals surface area contributed by atoms with E-state index in [9.17, 15) is 9.59 Å². The van der Waals surface area contributed by atoms with Gasteiger partial charge in [0.2, 0.25) is 5.91 Å². The molecule has 3 nitrogen and oxygen atoms in total. The van der Waals surface area contributed by atoms with Gasteiger partial charge in [0.05, 0.1) is 0 Å². The molecule has 0 spiro atoms. The van der Waals surface area contributed by atoms with Crippen molar-refractivity contribution >= 4 is 17.4 Å². The van der Waals surface area contributed by atoms with Crippen LogP contribution in [0.5, 0.6) is 0 Å². The molecule has 0 aliphatic heterocycles. The Hall–Kier alpha value is -1.64. The van der Waals surface area contributed by atoms with E-state index in [4.69, 9.17) is 0 Å². The highest BCUT2D eigenvalue weighted by Crippen LogP contribution is 2.43. The Morgan fingerprint density at radius 2 is 1.71 bits per heavy atom. The van der Waals surface area contributed by atoms with Gasteiger partial charge in [0, 0.05) is 17.2 Å². The number of ketones is 1. The first-order valence-electron chi connectivity index (χ1n) is 7.71. The first-order valence-corrected chi connectivity index (χ1v) is 7.71. The Labute approximate surface area is 127 Å². The minimum Gasteiger partial charge on any atom is -0.326 e. The van der Waals surface area contributed by atoms with Gasteiger partial charge in [-0.1, -0.05) is 27.2 Å². The molecule has 1 amide bonds. The van der Waals surface area contributed by atoms with E-state index in [1.165, 1.54) is 0 Å². The molecule has 0 bridgehead atoms. The third-order valence-electron chi connectivity index (χ3n) is 4.52. The van der Waals surface area contributed by atoms with Crippen LogP contribution in [0.1, 0.15) is 57.3 Å². The summed E-state index contributed by atoms with van der Waals surface area (Å²) in [6.07, 6.45) is 3.23. The van der Waals surface area contributed by atoms with Gasteiger partial charge in [0.15, 0.2) is 5.78 Å². The molecule has 1 aliphatic rings. The average molecular weight is 287 g/mol. The highest BCUT2D eigenvalue weighted by atomic mass is 16.2. The van der Waals surface area contributed by atoms with Crippen molar-refractivity contribution in [1.82, 2.24) is 0 Å². The molecule has 0 heterocycles. The van der Waals surface area contributed by atoms with Gasteiger partial charge in [0.25, 0.3) is 0 Å². The molecule has 1 aromatic rings.